The van der Waals surface area contributed by atoms with E-state index in [1.54, 1.807) is 0 Å². The summed E-state index contributed by atoms with van der Waals surface area (Å²) in [6, 6.07) is 0. The number of hydrogen-bond acceptors (Lipinski definition) is 3. The molecule has 0 atom stereocenters. The van der Waals surface area contributed by atoms with E-state index in [9.17, 15) is 0 Å². The summed E-state index contributed by atoms with van der Waals surface area (Å²) in [7, 11) is 4.13. The molecule has 3 fully saturated rings. The maximum absolute atomic E-state index is 9.12. The van der Waals surface area contributed by atoms with Crippen molar-refractivity contribution < 1.29 is 9.84 Å². The van der Waals surface area contributed by atoms with Gasteiger partial charge < -0.3 is 14.7 Å². The lowest BCUT2D eigenvalue weighted by Gasteiger charge is -2.44. The van der Waals surface area contributed by atoms with Crippen LogP contribution in [0.4, 0.5) is 0 Å². The van der Waals surface area contributed by atoms with Gasteiger partial charge in [0.2, 0.25) is 0 Å². The Morgan fingerprint density at radius 1 is 1.42 bits per heavy atom. The molecule has 0 aromatic carbocycles. The predicted molar refractivity (Wildman–Crippen MR) is 46.0 cm³/mol. The Morgan fingerprint density at radius 2 is 2.08 bits per heavy atom. The van der Waals surface area contributed by atoms with Crippen molar-refractivity contribution in [1.82, 2.24) is 4.90 Å². The minimum Gasteiger partial charge on any atom is -0.396 e. The molecule has 2 saturated heterocycles. The Morgan fingerprint density at radius 3 is 2.50 bits per heavy atom. The number of aliphatic hydroxyl groups excluding tert-OH is 1. The van der Waals surface area contributed by atoms with Crippen LogP contribution in [0.25, 0.3) is 0 Å². The molecule has 0 aromatic heterocycles. The molecule has 0 amide bonds. The number of rotatable bonds is 3. The fraction of sp³-hybridized carbons (Fsp3) is 1.00. The van der Waals surface area contributed by atoms with E-state index in [2.05, 4.69) is 19.0 Å². The second kappa shape index (κ2) is 2.44. The largest absolute Gasteiger partial charge is 0.396 e. The van der Waals surface area contributed by atoms with E-state index in [1.165, 1.54) is 0 Å². The molecule has 3 aliphatic rings. The molecule has 0 spiro atoms. The van der Waals surface area contributed by atoms with E-state index < -0.39 is 0 Å². The van der Waals surface area contributed by atoms with Gasteiger partial charge in [-0.15, -0.1) is 0 Å². The van der Waals surface area contributed by atoms with Gasteiger partial charge in [-0.1, -0.05) is 0 Å². The predicted octanol–water partition coefficient (Wildman–Crippen LogP) is 0.0895. The SMILES string of the molecule is CN(C)CC12CC(CO)(CO1)C2. The summed E-state index contributed by atoms with van der Waals surface area (Å²) in [5.74, 6) is 0. The van der Waals surface area contributed by atoms with E-state index >= 15 is 0 Å². The van der Waals surface area contributed by atoms with Gasteiger partial charge in [0.25, 0.3) is 0 Å². The number of aliphatic hydroxyl groups is 1. The molecule has 1 aliphatic carbocycles. The van der Waals surface area contributed by atoms with Crippen LogP contribution in [0, 0.1) is 5.41 Å². The Balaban J connectivity index is 1.95. The minimum atomic E-state index is 0.0895. The first-order valence-electron chi connectivity index (χ1n) is 4.49. The lowest BCUT2D eigenvalue weighted by atomic mass is 9.63. The quantitative estimate of drug-likeness (QED) is 0.653. The molecule has 0 aromatic rings. The molecular weight excluding hydrogens is 154 g/mol. The number of likely N-dealkylation sites (N-methyl/N-ethyl adjacent to an activating group) is 1. The maximum atomic E-state index is 9.12. The summed E-state index contributed by atoms with van der Waals surface area (Å²) >= 11 is 0. The molecule has 2 bridgehead atoms. The third-order valence-electron chi connectivity index (χ3n) is 3.02. The number of nitrogens with zero attached hydrogens (tertiary/aromatic N) is 1. The van der Waals surface area contributed by atoms with Gasteiger partial charge in [-0.3, -0.25) is 0 Å². The van der Waals surface area contributed by atoms with Gasteiger partial charge in [-0.2, -0.15) is 0 Å². The van der Waals surface area contributed by atoms with Crippen molar-refractivity contribution in [2.45, 2.75) is 18.4 Å². The minimum absolute atomic E-state index is 0.0895. The molecule has 0 unspecified atom stereocenters. The molecular formula is C9H17NO2. The third-order valence-corrected chi connectivity index (χ3v) is 3.02. The lowest BCUT2D eigenvalue weighted by Crippen LogP contribution is -2.51. The summed E-state index contributed by atoms with van der Waals surface area (Å²) in [5.41, 5.74) is 0.224. The first-order chi connectivity index (χ1) is 5.60. The van der Waals surface area contributed by atoms with Gasteiger partial charge in [-0.25, -0.2) is 0 Å². The molecule has 2 heterocycles. The van der Waals surface area contributed by atoms with Crippen LogP contribution in [0.2, 0.25) is 0 Å². The highest BCUT2D eigenvalue weighted by Crippen LogP contribution is 2.57. The van der Waals surface area contributed by atoms with Gasteiger partial charge in [0.05, 0.1) is 18.8 Å². The highest BCUT2D eigenvalue weighted by atomic mass is 16.5. The van der Waals surface area contributed by atoms with Crippen LogP contribution in [0.1, 0.15) is 12.8 Å². The van der Waals surface area contributed by atoms with Gasteiger partial charge in [0.1, 0.15) is 0 Å². The van der Waals surface area contributed by atoms with Crippen LogP contribution in [-0.2, 0) is 4.74 Å². The van der Waals surface area contributed by atoms with Crippen molar-refractivity contribution in [2.24, 2.45) is 5.41 Å². The van der Waals surface area contributed by atoms with Crippen LogP contribution < -0.4 is 0 Å². The number of fused-ring (bicyclic) bond motifs is 1. The summed E-state index contributed by atoms with van der Waals surface area (Å²) in [4.78, 5) is 2.16. The van der Waals surface area contributed by atoms with E-state index in [0.29, 0.717) is 6.61 Å². The molecule has 2 aliphatic heterocycles. The van der Waals surface area contributed by atoms with Crippen molar-refractivity contribution in [3.05, 3.63) is 0 Å². The lowest BCUT2D eigenvalue weighted by molar-refractivity contribution is -0.0443. The van der Waals surface area contributed by atoms with Gasteiger partial charge in [0.15, 0.2) is 0 Å². The van der Waals surface area contributed by atoms with Gasteiger partial charge >= 0.3 is 0 Å². The van der Waals surface area contributed by atoms with Crippen molar-refractivity contribution >= 4 is 0 Å². The van der Waals surface area contributed by atoms with Crippen molar-refractivity contribution in [3.63, 3.8) is 0 Å². The zero-order chi connectivity index (χ0) is 8.82. The average molecular weight is 171 g/mol. The van der Waals surface area contributed by atoms with Crippen LogP contribution in [0.3, 0.4) is 0 Å². The summed E-state index contributed by atoms with van der Waals surface area (Å²) in [6.45, 7) is 2.05. The van der Waals surface area contributed by atoms with Crippen molar-refractivity contribution in [3.8, 4) is 0 Å². The third kappa shape index (κ3) is 1.08. The Bertz CT molecular complexity index is 185. The Labute approximate surface area is 73.3 Å². The zero-order valence-electron chi connectivity index (χ0n) is 7.84. The Hall–Kier alpha value is -0.120. The normalized spacial score (nSPS) is 45.0. The van der Waals surface area contributed by atoms with Crippen LogP contribution in [0.15, 0.2) is 0 Å². The van der Waals surface area contributed by atoms with Gasteiger partial charge in [0, 0.05) is 12.0 Å². The molecule has 1 N–H and O–H groups in total. The van der Waals surface area contributed by atoms with E-state index in [-0.39, 0.29) is 11.0 Å². The average Bonchev–Trinajstić information content (AvgIpc) is 2.40. The molecule has 3 rings (SSSR count). The van der Waals surface area contributed by atoms with Crippen LogP contribution in [-0.4, -0.2) is 49.5 Å². The molecule has 12 heavy (non-hydrogen) atoms. The smallest absolute Gasteiger partial charge is 0.0822 e. The standard InChI is InChI=1S/C9H17NO2/c1-10(2)5-9-3-8(4-9,6-11)7-12-9/h11H,3-7H2,1-2H3. The maximum Gasteiger partial charge on any atom is 0.0822 e. The van der Waals surface area contributed by atoms with Crippen molar-refractivity contribution in [1.29, 1.82) is 0 Å². The molecule has 1 saturated carbocycles. The second-order valence-electron chi connectivity index (χ2n) is 4.72. The Kier molecular flexibility index (Phi) is 1.72. The van der Waals surface area contributed by atoms with E-state index in [1.807, 2.05) is 0 Å². The first kappa shape index (κ1) is 8.48. The van der Waals surface area contributed by atoms with E-state index in [4.69, 9.17) is 9.84 Å². The van der Waals surface area contributed by atoms with Crippen LogP contribution in [0.5, 0.6) is 0 Å². The highest BCUT2D eigenvalue weighted by molar-refractivity contribution is 5.11. The zero-order valence-corrected chi connectivity index (χ0v) is 7.84. The summed E-state index contributed by atoms with van der Waals surface area (Å²) in [5, 5.41) is 9.12. The molecule has 70 valence electrons. The fourth-order valence-electron chi connectivity index (χ4n) is 2.72. The van der Waals surface area contributed by atoms with E-state index in [0.717, 1.165) is 26.0 Å². The molecule has 3 heteroatoms. The molecule has 0 radical (unpaired) electrons. The van der Waals surface area contributed by atoms with Crippen LogP contribution >= 0.6 is 0 Å². The summed E-state index contributed by atoms with van der Waals surface area (Å²) in [6.07, 6.45) is 2.10. The van der Waals surface area contributed by atoms with Crippen molar-refractivity contribution in [2.75, 3.05) is 33.9 Å². The number of ether oxygens (including phenoxy) is 1. The first-order valence-corrected chi connectivity index (χ1v) is 4.49. The second-order valence-corrected chi connectivity index (χ2v) is 4.72. The monoisotopic (exact) mass is 171 g/mol. The van der Waals surface area contributed by atoms with Gasteiger partial charge in [-0.05, 0) is 26.9 Å². The summed E-state index contributed by atoms with van der Waals surface area (Å²) < 4.78 is 5.72. The fourth-order valence-corrected chi connectivity index (χ4v) is 2.72. The topological polar surface area (TPSA) is 32.7 Å². The highest BCUT2D eigenvalue weighted by Gasteiger charge is 2.61. The molecule has 3 nitrogen and oxygen atoms in total. The number of hydrogen-bond donors (Lipinski definition) is 1.